The van der Waals surface area contributed by atoms with Crippen LogP contribution in [0.5, 0.6) is 5.75 Å². The minimum absolute atomic E-state index is 0.0370. The zero-order valence-electron chi connectivity index (χ0n) is 37.1. The van der Waals surface area contributed by atoms with Gasteiger partial charge in [0.2, 0.25) is 17.6 Å². The van der Waals surface area contributed by atoms with Crippen LogP contribution in [0.1, 0.15) is 116 Å². The third-order valence-electron chi connectivity index (χ3n) is 13.4. The molecular formula is C46H63N9O8. The zero-order chi connectivity index (χ0) is 45.1. The van der Waals surface area contributed by atoms with Crippen LogP contribution in [0.4, 0.5) is 0 Å². The highest BCUT2D eigenvalue weighted by Gasteiger charge is 2.68. The van der Waals surface area contributed by atoms with Crippen molar-refractivity contribution in [2.75, 3.05) is 19.6 Å². The third-order valence-corrected chi connectivity index (χ3v) is 13.4. The van der Waals surface area contributed by atoms with E-state index in [1.807, 2.05) is 49.1 Å². The number of carbonyl (C=O) groups excluding carboxylic acids is 7. The van der Waals surface area contributed by atoms with E-state index in [-0.39, 0.29) is 42.6 Å². The molecule has 3 saturated heterocycles. The van der Waals surface area contributed by atoms with E-state index in [0.29, 0.717) is 51.1 Å². The topological polar surface area (TPSA) is 212 Å². The van der Waals surface area contributed by atoms with Gasteiger partial charge in [-0.1, -0.05) is 78.5 Å². The lowest BCUT2D eigenvalue weighted by molar-refractivity contribution is -0.157. The number of ether oxygens (including phenoxy) is 1. The van der Waals surface area contributed by atoms with E-state index < -0.39 is 76.5 Å². The number of aromatic nitrogens is 2. The van der Waals surface area contributed by atoms with Crippen molar-refractivity contribution in [2.45, 2.75) is 153 Å². The number of fused-ring (bicyclic) bond motifs is 2. The minimum Gasteiger partial charge on any atom is -0.489 e. The number of rotatable bonds is 16. The van der Waals surface area contributed by atoms with Crippen LogP contribution in [0.3, 0.4) is 0 Å². The molecule has 5 aliphatic rings. The van der Waals surface area contributed by atoms with Crippen LogP contribution in [0.15, 0.2) is 48.9 Å². The summed E-state index contributed by atoms with van der Waals surface area (Å²) in [7, 11) is 0. The van der Waals surface area contributed by atoms with Crippen LogP contribution in [-0.4, -0.2) is 134 Å². The van der Waals surface area contributed by atoms with Gasteiger partial charge in [0.15, 0.2) is 5.66 Å². The number of nitrogens with one attached hydrogen (secondary N) is 4. The number of likely N-dealkylation sites (N-methyl/N-ethyl adjacent to an activating group) is 1. The molecule has 1 aromatic carbocycles. The summed E-state index contributed by atoms with van der Waals surface area (Å²) >= 11 is 0. The largest absolute Gasteiger partial charge is 0.489 e. The Kier molecular flexibility index (Phi) is 13.9. The zero-order valence-corrected chi connectivity index (χ0v) is 37.1. The smallest absolute Gasteiger partial charge is 0.289 e. The molecule has 1 aromatic heterocycles. The molecule has 3 aliphatic heterocycles. The van der Waals surface area contributed by atoms with E-state index in [9.17, 15) is 24.0 Å². The van der Waals surface area contributed by atoms with E-state index >= 15 is 9.59 Å². The summed E-state index contributed by atoms with van der Waals surface area (Å²) < 4.78 is 6.39. The van der Waals surface area contributed by atoms with Crippen LogP contribution in [0.2, 0.25) is 0 Å². The van der Waals surface area contributed by atoms with Crippen LogP contribution >= 0.6 is 0 Å². The summed E-state index contributed by atoms with van der Waals surface area (Å²) in [5.74, 6) is -4.43. The normalized spacial score (nSPS) is 25.5. The molecule has 4 heterocycles. The summed E-state index contributed by atoms with van der Waals surface area (Å²) in [6, 6.07) is 4.26. The summed E-state index contributed by atoms with van der Waals surface area (Å²) in [5, 5.41) is 11.3. The highest BCUT2D eigenvalue weighted by atomic mass is 16.5. The van der Waals surface area contributed by atoms with Gasteiger partial charge < -0.3 is 26.0 Å². The molecule has 4 N–H and O–H groups in total. The van der Waals surface area contributed by atoms with Gasteiger partial charge in [-0.3, -0.25) is 53.2 Å². The standard InChI is InChI=1S/C46H63N9O8/c1-6-14-33(37(56)42(60)49-29-19-20-29)50-40(58)35-24-46(53(7-2)26-30-23-32(27-54(30)46)63-31-17-12-9-13-18-31)44(62)55(35)43(61)38(45(3,4)5)52-41(59)36(28-15-10-8-11-16-28)51-39(57)34-25-47-21-22-48-34/h9,12-13,17-18,21-22,25,28-30,32-33,35-36,38H,6-8,10-11,14-16,19-20,23-24,26-27H2,1-5H3,(H,49,60)(H,50,58)(H,51,57)(H,52,59)/t30-,32-,33?,35-,36-,38+,46?/m0/s1. The molecule has 6 amide bonds. The highest BCUT2D eigenvalue weighted by Crippen LogP contribution is 2.47. The number of imide groups is 1. The lowest BCUT2D eigenvalue weighted by atomic mass is 9.82. The Morgan fingerprint density at radius 3 is 2.29 bits per heavy atom. The second-order valence-corrected chi connectivity index (χ2v) is 18.9. The average molecular weight is 870 g/mol. The summed E-state index contributed by atoms with van der Waals surface area (Å²) in [6.07, 6.45) is 10.6. The molecule has 7 atom stereocenters. The Morgan fingerprint density at radius 1 is 0.921 bits per heavy atom. The summed E-state index contributed by atoms with van der Waals surface area (Å²) in [4.78, 5) is 114. The number of nitrogens with zero attached hydrogens (tertiary/aromatic N) is 5. The van der Waals surface area contributed by atoms with Crippen LogP contribution in [0.25, 0.3) is 0 Å². The van der Waals surface area contributed by atoms with Gasteiger partial charge in [-0.2, -0.15) is 0 Å². The van der Waals surface area contributed by atoms with Crippen LogP contribution < -0.4 is 26.0 Å². The molecule has 0 bridgehead atoms. The van der Waals surface area contributed by atoms with Gasteiger partial charge in [-0.05, 0) is 62.1 Å². The average Bonchev–Trinajstić information content (AvgIpc) is 3.82. The molecule has 63 heavy (non-hydrogen) atoms. The highest BCUT2D eigenvalue weighted by molar-refractivity contribution is 6.38. The van der Waals surface area contributed by atoms with Crippen molar-refractivity contribution in [1.29, 1.82) is 0 Å². The number of likely N-dealkylation sites (tertiary alicyclic amines) is 1. The maximum absolute atomic E-state index is 15.5. The molecule has 0 radical (unpaired) electrons. The molecule has 2 aliphatic carbocycles. The molecule has 17 heteroatoms. The molecular weight excluding hydrogens is 807 g/mol. The number of carbonyl (C=O) groups is 7. The molecule has 2 unspecified atom stereocenters. The summed E-state index contributed by atoms with van der Waals surface area (Å²) in [5.41, 5.74) is -2.39. The SMILES string of the molecule is CCCC(NC(=O)[C@@H]1CC2(C(=O)N1C(=O)[C@@H](NC(=O)[C@@H](NC(=O)c1cnccn1)C1CCCCC1)C(C)(C)C)N(CC)C[C@@H]1C[C@H](Oc3ccccc3)CN12)C(=O)C(=O)NC1CC1. The van der Waals surface area contributed by atoms with Gasteiger partial charge in [-0.15, -0.1) is 0 Å². The Balaban J connectivity index is 1.22. The second-order valence-electron chi connectivity index (χ2n) is 18.9. The second kappa shape index (κ2) is 19.2. The molecule has 1 spiro atoms. The first kappa shape index (κ1) is 45.7. The molecule has 2 saturated carbocycles. The van der Waals surface area contributed by atoms with Gasteiger partial charge in [-0.25, -0.2) is 4.98 Å². The third kappa shape index (κ3) is 9.78. The van der Waals surface area contributed by atoms with Gasteiger partial charge in [0.05, 0.1) is 12.2 Å². The monoisotopic (exact) mass is 869 g/mol. The number of benzene rings is 1. The fourth-order valence-electron chi connectivity index (χ4n) is 9.99. The van der Waals surface area contributed by atoms with Crippen molar-refractivity contribution in [3.05, 3.63) is 54.6 Å². The fourth-order valence-corrected chi connectivity index (χ4v) is 9.99. The first-order valence-corrected chi connectivity index (χ1v) is 22.8. The summed E-state index contributed by atoms with van der Waals surface area (Å²) in [6.45, 7) is 10.3. The van der Waals surface area contributed by atoms with Crippen molar-refractivity contribution in [1.82, 2.24) is 45.9 Å². The first-order valence-electron chi connectivity index (χ1n) is 22.8. The number of ketones is 1. The van der Waals surface area contributed by atoms with Gasteiger partial charge >= 0.3 is 0 Å². The maximum Gasteiger partial charge on any atom is 0.289 e. The predicted octanol–water partition coefficient (Wildman–Crippen LogP) is 2.50. The predicted molar refractivity (Wildman–Crippen MR) is 230 cm³/mol. The van der Waals surface area contributed by atoms with Crippen LogP contribution in [0, 0.1) is 11.3 Å². The maximum atomic E-state index is 15.5. The number of hydrogen-bond donors (Lipinski definition) is 4. The van der Waals surface area contributed by atoms with Crippen molar-refractivity contribution < 1.29 is 38.3 Å². The van der Waals surface area contributed by atoms with Crippen LogP contribution in [-0.2, 0) is 28.8 Å². The fraction of sp³-hybridized carbons (Fsp3) is 0.630. The Bertz CT molecular complexity index is 2020. The number of hydrogen-bond acceptors (Lipinski definition) is 12. The van der Waals surface area contributed by atoms with E-state index in [1.54, 1.807) is 20.8 Å². The number of amides is 6. The molecule has 340 valence electrons. The Labute approximate surface area is 369 Å². The minimum atomic E-state index is -1.43. The Morgan fingerprint density at radius 2 is 1.65 bits per heavy atom. The lowest BCUT2D eigenvalue weighted by Gasteiger charge is -2.39. The Hall–Kier alpha value is -5.29. The number of para-hydroxylation sites is 1. The lowest BCUT2D eigenvalue weighted by Crippen LogP contribution is -2.64. The quantitative estimate of drug-likeness (QED) is 0.179. The number of Topliss-reactive ketones (excluding diaryl/α,β-unsaturated/α-hetero) is 1. The van der Waals surface area contributed by atoms with E-state index in [0.717, 1.165) is 37.0 Å². The van der Waals surface area contributed by atoms with Gasteiger partial charge in [0.1, 0.15) is 35.7 Å². The van der Waals surface area contributed by atoms with Gasteiger partial charge in [0.25, 0.3) is 23.6 Å². The van der Waals surface area contributed by atoms with Crippen molar-refractivity contribution in [3.63, 3.8) is 0 Å². The van der Waals surface area contributed by atoms with E-state index in [4.69, 9.17) is 4.74 Å². The molecule has 2 aromatic rings. The van der Waals surface area contributed by atoms with E-state index in [2.05, 4.69) is 36.1 Å². The molecule has 17 nitrogen and oxygen atoms in total. The van der Waals surface area contributed by atoms with Gasteiger partial charge in [0, 0.05) is 50.4 Å². The molecule has 5 fully saturated rings. The van der Waals surface area contributed by atoms with Crippen molar-refractivity contribution in [2.24, 2.45) is 11.3 Å². The first-order chi connectivity index (χ1) is 30.2. The van der Waals surface area contributed by atoms with Crippen molar-refractivity contribution >= 4 is 41.2 Å². The van der Waals surface area contributed by atoms with E-state index in [1.165, 1.54) is 18.6 Å². The molecule has 7 rings (SSSR count). The van der Waals surface area contributed by atoms with Crippen molar-refractivity contribution in [3.8, 4) is 5.75 Å².